The van der Waals surface area contributed by atoms with Gasteiger partial charge in [-0.25, -0.2) is 9.37 Å². The third-order valence-corrected chi connectivity index (χ3v) is 5.67. The number of oxime groups is 1. The summed E-state index contributed by atoms with van der Waals surface area (Å²) in [5.41, 5.74) is 4.26. The van der Waals surface area contributed by atoms with Crippen LogP contribution in [-0.2, 0) is 17.9 Å². The Bertz CT molecular complexity index is 1310. The van der Waals surface area contributed by atoms with Gasteiger partial charge in [0.05, 0.1) is 17.3 Å². The second-order valence-corrected chi connectivity index (χ2v) is 8.04. The van der Waals surface area contributed by atoms with Crippen molar-refractivity contribution in [1.29, 1.82) is 5.26 Å². The summed E-state index contributed by atoms with van der Waals surface area (Å²) in [6, 6.07) is 15.5. The Kier molecular flexibility index (Phi) is 5.23. The van der Waals surface area contributed by atoms with E-state index in [9.17, 15) is 9.18 Å². The van der Waals surface area contributed by atoms with E-state index in [0.29, 0.717) is 18.7 Å². The fourth-order valence-corrected chi connectivity index (χ4v) is 3.97. The normalized spacial score (nSPS) is 16.8. The van der Waals surface area contributed by atoms with Gasteiger partial charge in [-0.3, -0.25) is 4.79 Å². The molecule has 1 atom stereocenters. The lowest BCUT2D eigenvalue weighted by Crippen LogP contribution is -2.23. The Morgan fingerprint density at radius 2 is 2.06 bits per heavy atom. The lowest BCUT2D eigenvalue weighted by Gasteiger charge is -2.16. The van der Waals surface area contributed by atoms with Gasteiger partial charge in [0.15, 0.2) is 17.7 Å². The van der Waals surface area contributed by atoms with Crippen LogP contribution in [0.4, 0.5) is 4.39 Å². The summed E-state index contributed by atoms with van der Waals surface area (Å²) in [5, 5.41) is 12.9. The highest BCUT2D eigenvalue weighted by Gasteiger charge is 2.32. The van der Waals surface area contributed by atoms with Gasteiger partial charge in [-0.05, 0) is 47.9 Å². The molecule has 2 aliphatic rings. The van der Waals surface area contributed by atoms with Crippen LogP contribution in [0.25, 0.3) is 0 Å². The van der Waals surface area contributed by atoms with Crippen molar-refractivity contribution in [1.82, 2.24) is 9.88 Å². The number of pyridine rings is 1. The van der Waals surface area contributed by atoms with Crippen molar-refractivity contribution in [2.75, 3.05) is 0 Å². The molecule has 164 valence electrons. The average Bonchev–Trinajstić information content (AvgIpc) is 3.39. The zero-order chi connectivity index (χ0) is 22.9. The molecule has 1 aromatic heterocycles. The van der Waals surface area contributed by atoms with Crippen molar-refractivity contribution in [2.24, 2.45) is 5.16 Å². The maximum Gasteiger partial charge on any atom is 0.260 e. The van der Waals surface area contributed by atoms with Gasteiger partial charge in [-0.1, -0.05) is 29.4 Å². The van der Waals surface area contributed by atoms with E-state index in [4.69, 9.17) is 14.8 Å². The zero-order valence-electron chi connectivity index (χ0n) is 17.8. The Balaban J connectivity index is 1.32. The van der Waals surface area contributed by atoms with Crippen LogP contribution in [0.3, 0.4) is 0 Å². The number of nitrogens with zero attached hydrogens (tertiary/aromatic N) is 4. The van der Waals surface area contributed by atoms with Gasteiger partial charge < -0.3 is 14.5 Å². The van der Waals surface area contributed by atoms with Crippen LogP contribution in [0.2, 0.25) is 0 Å². The predicted octanol–water partition coefficient (Wildman–Crippen LogP) is 4.88. The molecule has 0 aliphatic carbocycles. The third kappa shape index (κ3) is 4.01. The van der Waals surface area contributed by atoms with Gasteiger partial charge in [-0.15, -0.1) is 0 Å². The number of halogens is 1. The zero-order valence-corrected chi connectivity index (χ0v) is 17.8. The second-order valence-electron chi connectivity index (χ2n) is 8.04. The van der Waals surface area contributed by atoms with Crippen molar-refractivity contribution < 1.29 is 18.8 Å². The molecule has 2 aliphatic heterocycles. The number of hydrogen-bond donors (Lipinski definition) is 0. The third-order valence-electron chi connectivity index (χ3n) is 5.67. The number of aromatic nitrogens is 1. The summed E-state index contributed by atoms with van der Waals surface area (Å²) in [7, 11) is 0. The number of benzene rings is 2. The Morgan fingerprint density at radius 3 is 2.76 bits per heavy atom. The minimum atomic E-state index is -0.692. The molecule has 33 heavy (non-hydrogen) atoms. The maximum atomic E-state index is 14.3. The van der Waals surface area contributed by atoms with E-state index >= 15 is 0 Å². The number of nitriles is 1. The monoisotopic (exact) mass is 442 g/mol. The molecule has 0 saturated carbocycles. The average molecular weight is 442 g/mol. The van der Waals surface area contributed by atoms with Crippen LogP contribution in [0, 0.1) is 17.1 Å². The van der Waals surface area contributed by atoms with Crippen LogP contribution < -0.4 is 4.74 Å². The Labute approximate surface area is 189 Å². The van der Waals surface area contributed by atoms with E-state index in [1.807, 2.05) is 37.3 Å². The molecule has 8 heteroatoms. The van der Waals surface area contributed by atoms with E-state index in [1.165, 1.54) is 18.3 Å². The second kappa shape index (κ2) is 8.36. The van der Waals surface area contributed by atoms with E-state index in [1.54, 1.807) is 11.0 Å². The molecule has 0 bridgehead atoms. The number of carbonyl (C=O) groups excluding carboxylic acids is 1. The molecule has 0 radical (unpaired) electrons. The lowest BCUT2D eigenvalue weighted by atomic mass is 10.0. The van der Waals surface area contributed by atoms with Crippen LogP contribution in [0.5, 0.6) is 11.6 Å². The highest BCUT2D eigenvalue weighted by molar-refractivity contribution is 6.00. The van der Waals surface area contributed by atoms with Gasteiger partial charge in [0, 0.05) is 25.7 Å². The standard InChI is InChI=1S/C25H19FN4O3/c1-15-10-22(33-29-15)18-5-2-16(3-6-18)13-30-14-19-8-9-28-24(23(19)25(30)31)32-21-7-4-17(12-27)11-20(21)26/h2-9,11,22H,10,13-14H2,1H3. The Hall–Kier alpha value is -4.25. The molecule has 0 N–H and O–H groups in total. The Morgan fingerprint density at radius 1 is 1.24 bits per heavy atom. The molecule has 3 heterocycles. The summed E-state index contributed by atoms with van der Waals surface area (Å²) in [6.07, 6.45) is 2.24. The van der Waals surface area contributed by atoms with E-state index in [0.717, 1.165) is 34.9 Å². The molecule has 5 rings (SSSR count). The van der Waals surface area contributed by atoms with Crippen LogP contribution in [0.1, 0.15) is 52.1 Å². The molecule has 0 spiro atoms. The first-order valence-electron chi connectivity index (χ1n) is 10.4. The van der Waals surface area contributed by atoms with Crippen molar-refractivity contribution in [2.45, 2.75) is 32.5 Å². The molecule has 7 nitrogen and oxygen atoms in total. The van der Waals surface area contributed by atoms with Crippen molar-refractivity contribution in [3.8, 4) is 17.7 Å². The van der Waals surface area contributed by atoms with Gasteiger partial charge in [0.1, 0.15) is 5.56 Å². The first-order valence-corrected chi connectivity index (χ1v) is 10.4. The van der Waals surface area contributed by atoms with Crippen molar-refractivity contribution in [3.05, 3.63) is 88.4 Å². The summed E-state index contributed by atoms with van der Waals surface area (Å²) >= 11 is 0. The number of fused-ring (bicyclic) bond motifs is 1. The fraction of sp³-hybridized carbons (Fsp3) is 0.200. The topological polar surface area (TPSA) is 87.8 Å². The number of amides is 1. The number of carbonyl (C=O) groups is 1. The highest BCUT2D eigenvalue weighted by Crippen LogP contribution is 2.34. The maximum absolute atomic E-state index is 14.3. The SMILES string of the molecule is CC1=NOC(c2ccc(CN3Cc4ccnc(Oc5ccc(C#N)cc5F)c4C3=O)cc2)C1. The molecule has 1 unspecified atom stereocenters. The lowest BCUT2D eigenvalue weighted by molar-refractivity contribution is 0.0763. The van der Waals surface area contributed by atoms with Crippen molar-refractivity contribution in [3.63, 3.8) is 0 Å². The fourth-order valence-electron chi connectivity index (χ4n) is 3.97. The number of ether oxygens (including phenoxy) is 1. The number of hydrogen-bond acceptors (Lipinski definition) is 6. The van der Waals surface area contributed by atoms with E-state index in [2.05, 4.69) is 10.1 Å². The molecular weight excluding hydrogens is 423 g/mol. The minimum Gasteiger partial charge on any atom is -0.435 e. The summed E-state index contributed by atoms with van der Waals surface area (Å²) in [6.45, 7) is 2.76. The molecular formula is C25H19FN4O3. The van der Waals surface area contributed by atoms with E-state index < -0.39 is 5.82 Å². The van der Waals surface area contributed by atoms with Gasteiger partial charge in [0.2, 0.25) is 5.88 Å². The molecule has 3 aromatic rings. The van der Waals surface area contributed by atoms with Crippen LogP contribution >= 0.6 is 0 Å². The first kappa shape index (κ1) is 20.6. The van der Waals surface area contributed by atoms with Crippen LogP contribution in [-0.4, -0.2) is 21.5 Å². The molecule has 0 saturated heterocycles. The molecule has 2 aromatic carbocycles. The highest BCUT2D eigenvalue weighted by atomic mass is 19.1. The summed E-state index contributed by atoms with van der Waals surface area (Å²) < 4.78 is 19.9. The quantitative estimate of drug-likeness (QED) is 0.562. The number of rotatable bonds is 5. The largest absolute Gasteiger partial charge is 0.435 e. The first-order chi connectivity index (χ1) is 16.0. The predicted molar refractivity (Wildman–Crippen MR) is 117 cm³/mol. The van der Waals surface area contributed by atoms with Gasteiger partial charge in [-0.2, -0.15) is 5.26 Å². The van der Waals surface area contributed by atoms with Gasteiger partial charge in [0.25, 0.3) is 5.91 Å². The van der Waals surface area contributed by atoms with Crippen LogP contribution in [0.15, 0.2) is 59.9 Å². The smallest absolute Gasteiger partial charge is 0.260 e. The molecule has 1 amide bonds. The van der Waals surface area contributed by atoms with E-state index in [-0.39, 0.29) is 29.2 Å². The molecule has 0 fully saturated rings. The van der Waals surface area contributed by atoms with Crippen molar-refractivity contribution >= 4 is 11.6 Å². The van der Waals surface area contributed by atoms with Gasteiger partial charge >= 0.3 is 0 Å². The summed E-state index contributed by atoms with van der Waals surface area (Å²) in [5.74, 6) is -0.963. The summed E-state index contributed by atoms with van der Waals surface area (Å²) in [4.78, 5) is 24.4. The minimum absolute atomic E-state index is 0.0488.